The highest BCUT2D eigenvalue weighted by atomic mass is 19.2. The fraction of sp³-hybridized carbons (Fsp3) is 0.333. The molecule has 0 N–H and O–H groups in total. The Morgan fingerprint density at radius 2 is 2.18 bits per heavy atom. The molecular formula is C12H14F2NO2. The van der Waals surface area contributed by atoms with Crippen molar-refractivity contribution in [1.82, 2.24) is 0 Å². The maximum atomic E-state index is 13.4. The van der Waals surface area contributed by atoms with E-state index in [1.54, 1.807) is 0 Å². The van der Waals surface area contributed by atoms with Gasteiger partial charge < -0.3 is 4.74 Å². The summed E-state index contributed by atoms with van der Waals surface area (Å²) in [6.07, 6.45) is 0.555. The highest BCUT2D eigenvalue weighted by molar-refractivity contribution is 5.87. The predicted molar refractivity (Wildman–Crippen MR) is 60.7 cm³/mol. The van der Waals surface area contributed by atoms with E-state index in [4.69, 9.17) is 4.74 Å². The number of carbonyl (C=O) groups is 1. The van der Waals surface area contributed by atoms with Gasteiger partial charge in [0.15, 0.2) is 11.6 Å². The van der Waals surface area contributed by atoms with E-state index >= 15 is 0 Å². The number of hydrogen-bond acceptors (Lipinski definition) is 2. The van der Waals surface area contributed by atoms with E-state index in [0.29, 0.717) is 12.8 Å². The smallest absolute Gasteiger partial charge is 0.414 e. The van der Waals surface area contributed by atoms with Gasteiger partial charge in [0.05, 0.1) is 12.3 Å². The number of hydrogen-bond donors (Lipinski definition) is 0. The molecule has 0 saturated heterocycles. The Balaban J connectivity index is 2.71. The second-order valence-electron chi connectivity index (χ2n) is 3.45. The normalized spacial score (nSPS) is 10.1. The molecule has 0 unspecified atom stereocenters. The summed E-state index contributed by atoms with van der Waals surface area (Å²) in [5.74, 6) is -2.07. The number of rotatable bonds is 4. The van der Waals surface area contributed by atoms with Crippen LogP contribution in [0.5, 0.6) is 0 Å². The maximum Gasteiger partial charge on any atom is 0.414 e. The van der Waals surface area contributed by atoms with Gasteiger partial charge in [-0.3, -0.25) is 4.90 Å². The number of unbranched alkanes of at least 4 members (excludes halogenated alkanes) is 1. The molecule has 1 rings (SSSR count). The van der Waals surface area contributed by atoms with Crippen LogP contribution in [0.3, 0.4) is 0 Å². The van der Waals surface area contributed by atoms with Crippen molar-refractivity contribution in [3.8, 4) is 0 Å². The Labute approximate surface area is 99.0 Å². The molecule has 93 valence electrons. The Morgan fingerprint density at radius 3 is 2.82 bits per heavy atom. The molecule has 17 heavy (non-hydrogen) atoms. The molecule has 0 aliphatic heterocycles. The Kier molecular flexibility index (Phi) is 4.87. The third-order valence-corrected chi connectivity index (χ3v) is 2.19. The second-order valence-corrected chi connectivity index (χ2v) is 3.45. The topological polar surface area (TPSA) is 29.5 Å². The summed E-state index contributed by atoms with van der Waals surface area (Å²) in [5.41, 5.74) is -0.148. The van der Waals surface area contributed by atoms with E-state index < -0.39 is 17.7 Å². The molecule has 0 aliphatic rings. The Bertz CT molecular complexity index is 396. The number of nitrogens with zero attached hydrogens (tertiary/aromatic N) is 1. The highest BCUT2D eigenvalue weighted by Gasteiger charge is 2.17. The molecule has 0 aliphatic carbocycles. The zero-order valence-electron chi connectivity index (χ0n) is 9.58. The molecule has 0 heterocycles. The molecule has 1 amide bonds. The van der Waals surface area contributed by atoms with Crippen molar-refractivity contribution in [3.05, 3.63) is 36.8 Å². The second kappa shape index (κ2) is 6.18. The van der Waals surface area contributed by atoms with Gasteiger partial charge in [-0.25, -0.2) is 13.6 Å². The van der Waals surface area contributed by atoms with Crippen LogP contribution in [-0.4, -0.2) is 19.7 Å². The Hall–Kier alpha value is -1.65. The van der Waals surface area contributed by atoms with Crippen molar-refractivity contribution >= 4 is 11.8 Å². The van der Waals surface area contributed by atoms with E-state index in [9.17, 15) is 13.6 Å². The number of halogens is 2. The van der Waals surface area contributed by atoms with Gasteiger partial charge in [-0.2, -0.15) is 0 Å². The molecule has 1 radical (unpaired) electrons. The predicted octanol–water partition coefficient (Wildman–Crippen LogP) is 3.15. The summed E-state index contributed by atoms with van der Waals surface area (Å²) >= 11 is 0. The number of ether oxygens (including phenoxy) is 1. The van der Waals surface area contributed by atoms with E-state index in [0.717, 1.165) is 11.0 Å². The van der Waals surface area contributed by atoms with Crippen molar-refractivity contribution in [2.75, 3.05) is 18.6 Å². The lowest BCUT2D eigenvalue weighted by Crippen LogP contribution is -2.28. The Morgan fingerprint density at radius 1 is 1.47 bits per heavy atom. The molecule has 0 bridgehead atoms. The third kappa shape index (κ3) is 3.41. The minimum Gasteiger partial charge on any atom is -0.449 e. The van der Waals surface area contributed by atoms with Crippen LogP contribution in [0.1, 0.15) is 12.8 Å². The van der Waals surface area contributed by atoms with Crippen LogP contribution in [0.25, 0.3) is 0 Å². The molecule has 0 spiro atoms. The lowest BCUT2D eigenvalue weighted by Gasteiger charge is -2.17. The van der Waals surface area contributed by atoms with E-state index in [1.165, 1.54) is 19.2 Å². The van der Waals surface area contributed by atoms with E-state index in [-0.39, 0.29) is 12.3 Å². The van der Waals surface area contributed by atoms with Crippen LogP contribution in [0.2, 0.25) is 0 Å². The zero-order valence-corrected chi connectivity index (χ0v) is 9.58. The summed E-state index contributed by atoms with van der Waals surface area (Å²) < 4.78 is 31.2. The van der Waals surface area contributed by atoms with Crippen LogP contribution in [-0.2, 0) is 4.74 Å². The highest BCUT2D eigenvalue weighted by Crippen LogP contribution is 2.20. The first-order valence-corrected chi connectivity index (χ1v) is 5.21. The van der Waals surface area contributed by atoms with Crippen LogP contribution in [0, 0.1) is 18.6 Å². The SMILES string of the molecule is [CH2]CCCOC(=O)N(C)c1cccc(F)c1F. The van der Waals surface area contributed by atoms with Crippen molar-refractivity contribution < 1.29 is 18.3 Å². The van der Waals surface area contributed by atoms with Crippen LogP contribution in [0.4, 0.5) is 19.3 Å². The van der Waals surface area contributed by atoms with Gasteiger partial charge in [0.1, 0.15) is 0 Å². The molecule has 1 aromatic rings. The third-order valence-electron chi connectivity index (χ3n) is 2.19. The summed E-state index contributed by atoms with van der Waals surface area (Å²) in [7, 11) is 1.32. The van der Waals surface area contributed by atoms with Gasteiger partial charge in [0, 0.05) is 7.05 Å². The first-order valence-electron chi connectivity index (χ1n) is 5.21. The average molecular weight is 242 g/mol. The van der Waals surface area contributed by atoms with Gasteiger partial charge in [-0.05, 0) is 18.6 Å². The molecule has 5 heteroatoms. The summed E-state index contributed by atoms with van der Waals surface area (Å²) in [4.78, 5) is 12.4. The van der Waals surface area contributed by atoms with Gasteiger partial charge >= 0.3 is 6.09 Å². The van der Waals surface area contributed by atoms with Gasteiger partial charge in [0.25, 0.3) is 0 Å². The summed E-state index contributed by atoms with van der Waals surface area (Å²) in [6, 6.07) is 3.62. The quantitative estimate of drug-likeness (QED) is 0.759. The zero-order chi connectivity index (χ0) is 12.8. The fourth-order valence-corrected chi connectivity index (χ4v) is 1.21. The fourth-order valence-electron chi connectivity index (χ4n) is 1.21. The first kappa shape index (κ1) is 13.4. The molecule has 0 aromatic heterocycles. The maximum absolute atomic E-state index is 13.4. The van der Waals surface area contributed by atoms with E-state index in [1.807, 2.05) is 0 Å². The van der Waals surface area contributed by atoms with E-state index in [2.05, 4.69) is 6.92 Å². The number of anilines is 1. The monoisotopic (exact) mass is 242 g/mol. The number of amides is 1. The lowest BCUT2D eigenvalue weighted by atomic mass is 10.3. The van der Waals surface area contributed by atoms with Gasteiger partial charge in [0.2, 0.25) is 0 Å². The molecule has 0 fully saturated rings. The molecule has 0 atom stereocenters. The minimum atomic E-state index is -1.07. The van der Waals surface area contributed by atoms with Crippen LogP contribution >= 0.6 is 0 Å². The molecule has 0 saturated carbocycles. The number of carbonyl (C=O) groups excluding carboxylic acids is 1. The number of benzene rings is 1. The largest absolute Gasteiger partial charge is 0.449 e. The molecular weight excluding hydrogens is 228 g/mol. The standard InChI is InChI=1S/C12H14F2NO2/c1-3-4-8-17-12(16)15(2)10-7-5-6-9(13)11(10)14/h5-7H,1,3-4,8H2,2H3. The van der Waals surface area contributed by atoms with Gasteiger partial charge in [-0.1, -0.05) is 19.4 Å². The summed E-state index contributed by atoms with van der Waals surface area (Å²) in [6.45, 7) is 3.81. The average Bonchev–Trinajstić information content (AvgIpc) is 2.32. The van der Waals surface area contributed by atoms with Crippen LogP contribution < -0.4 is 4.90 Å². The molecule has 3 nitrogen and oxygen atoms in total. The van der Waals surface area contributed by atoms with Crippen molar-refractivity contribution in [2.45, 2.75) is 12.8 Å². The van der Waals surface area contributed by atoms with Crippen LogP contribution in [0.15, 0.2) is 18.2 Å². The first-order chi connectivity index (χ1) is 8.07. The van der Waals surface area contributed by atoms with Crippen molar-refractivity contribution in [1.29, 1.82) is 0 Å². The van der Waals surface area contributed by atoms with Crippen molar-refractivity contribution in [2.24, 2.45) is 0 Å². The lowest BCUT2D eigenvalue weighted by molar-refractivity contribution is 0.153. The van der Waals surface area contributed by atoms with Crippen molar-refractivity contribution in [3.63, 3.8) is 0 Å². The minimum absolute atomic E-state index is 0.148. The molecule has 1 aromatic carbocycles. The summed E-state index contributed by atoms with van der Waals surface area (Å²) in [5, 5.41) is 0. The van der Waals surface area contributed by atoms with Gasteiger partial charge in [-0.15, -0.1) is 0 Å².